The molecule has 24 heavy (non-hydrogen) atoms. The number of nitrogens with zero attached hydrogens (tertiary/aromatic N) is 3. The van der Waals surface area contributed by atoms with E-state index < -0.39 is 17.3 Å². The Balaban J connectivity index is 2.03. The van der Waals surface area contributed by atoms with E-state index in [0.717, 1.165) is 6.42 Å². The second-order valence-electron chi connectivity index (χ2n) is 5.65. The summed E-state index contributed by atoms with van der Waals surface area (Å²) in [6, 6.07) is 8.35. The number of alkyl halides is 1. The minimum Gasteiger partial charge on any atom is -0.366 e. The number of likely N-dealkylation sites (tertiary alicyclic amines) is 1. The fourth-order valence-corrected chi connectivity index (χ4v) is 3.36. The lowest BCUT2D eigenvalue weighted by molar-refractivity contribution is -0.130. The molecule has 2 unspecified atom stereocenters. The van der Waals surface area contributed by atoms with Gasteiger partial charge in [-0.1, -0.05) is 18.2 Å². The molecule has 2 atom stereocenters. The average molecular weight is 343 g/mol. The average Bonchev–Trinajstić information content (AvgIpc) is 3.07. The van der Waals surface area contributed by atoms with Gasteiger partial charge in [-0.15, -0.1) is 11.6 Å². The van der Waals surface area contributed by atoms with Gasteiger partial charge in [0, 0.05) is 23.7 Å². The summed E-state index contributed by atoms with van der Waals surface area (Å²) in [5.74, 6) is -0.888. The Hall–Kier alpha value is -2.65. The van der Waals surface area contributed by atoms with Crippen LogP contribution in [0.1, 0.15) is 34.1 Å². The van der Waals surface area contributed by atoms with Crippen LogP contribution >= 0.6 is 11.6 Å². The van der Waals surface area contributed by atoms with Crippen molar-refractivity contribution in [3.63, 3.8) is 0 Å². The maximum Gasteiger partial charge on any atom is 0.249 e. The van der Waals surface area contributed by atoms with E-state index in [1.807, 2.05) is 0 Å². The van der Waals surface area contributed by atoms with Crippen LogP contribution in [0.15, 0.2) is 30.5 Å². The lowest BCUT2D eigenvalue weighted by Crippen LogP contribution is -2.36. The van der Waals surface area contributed by atoms with E-state index in [-0.39, 0.29) is 5.91 Å². The summed E-state index contributed by atoms with van der Waals surface area (Å²) in [4.78, 5) is 30.0. The molecule has 0 spiro atoms. The number of pyridine rings is 1. The van der Waals surface area contributed by atoms with Crippen LogP contribution in [0.5, 0.6) is 0 Å². The number of carbonyl (C=O) groups excluding carboxylic acids is 2. The molecule has 1 saturated heterocycles. The van der Waals surface area contributed by atoms with E-state index in [9.17, 15) is 9.59 Å². The second-order valence-corrected chi connectivity index (χ2v) is 6.08. The van der Waals surface area contributed by atoms with E-state index in [2.05, 4.69) is 11.1 Å². The molecule has 122 valence electrons. The zero-order chi connectivity index (χ0) is 17.3. The molecule has 0 saturated carbocycles. The van der Waals surface area contributed by atoms with Crippen LogP contribution in [-0.4, -0.2) is 34.3 Å². The number of hydrogen-bond acceptors (Lipinski definition) is 4. The third-order valence-corrected chi connectivity index (χ3v) is 4.66. The van der Waals surface area contributed by atoms with Crippen molar-refractivity contribution >= 4 is 34.3 Å². The van der Waals surface area contributed by atoms with Gasteiger partial charge in [-0.3, -0.25) is 14.6 Å². The first-order valence-electron chi connectivity index (χ1n) is 7.56. The lowest BCUT2D eigenvalue weighted by Gasteiger charge is -2.23. The fraction of sp³-hybridized carbons (Fsp3) is 0.294. The highest BCUT2D eigenvalue weighted by Gasteiger charge is 2.33. The third kappa shape index (κ3) is 2.68. The Kier molecular flexibility index (Phi) is 4.36. The van der Waals surface area contributed by atoms with Crippen molar-refractivity contribution in [2.45, 2.75) is 24.3 Å². The number of nitriles is 1. The first-order chi connectivity index (χ1) is 11.5. The van der Waals surface area contributed by atoms with Crippen LogP contribution in [0.3, 0.4) is 0 Å². The van der Waals surface area contributed by atoms with Crippen molar-refractivity contribution < 1.29 is 9.59 Å². The molecule has 2 N–H and O–H groups in total. The van der Waals surface area contributed by atoms with Gasteiger partial charge in [0.2, 0.25) is 11.8 Å². The van der Waals surface area contributed by atoms with Gasteiger partial charge >= 0.3 is 0 Å². The third-order valence-electron chi connectivity index (χ3n) is 4.24. The number of primary amides is 1. The molecule has 0 bridgehead atoms. The predicted octanol–water partition coefficient (Wildman–Crippen LogP) is 2.13. The Bertz CT molecular complexity index is 861. The molecule has 6 nitrogen and oxygen atoms in total. The van der Waals surface area contributed by atoms with Crippen LogP contribution in [0.4, 0.5) is 0 Å². The number of aromatic nitrogens is 1. The number of nitrogens with two attached hydrogens (primary N) is 1. The monoisotopic (exact) mass is 342 g/mol. The van der Waals surface area contributed by atoms with Crippen molar-refractivity contribution in [1.29, 1.82) is 5.26 Å². The first-order valence-corrected chi connectivity index (χ1v) is 8.00. The van der Waals surface area contributed by atoms with Crippen LogP contribution in [0.25, 0.3) is 10.9 Å². The topological polar surface area (TPSA) is 100 Å². The first kappa shape index (κ1) is 16.2. The highest BCUT2D eigenvalue weighted by Crippen LogP contribution is 2.32. The Labute approximate surface area is 143 Å². The second kappa shape index (κ2) is 6.46. The van der Waals surface area contributed by atoms with Gasteiger partial charge in [0.1, 0.15) is 11.4 Å². The van der Waals surface area contributed by atoms with E-state index in [1.165, 1.54) is 17.2 Å². The van der Waals surface area contributed by atoms with E-state index in [0.29, 0.717) is 35.0 Å². The molecule has 0 radical (unpaired) electrons. The van der Waals surface area contributed by atoms with Crippen LogP contribution in [-0.2, 0) is 4.79 Å². The normalized spacial score (nSPS) is 18.3. The largest absolute Gasteiger partial charge is 0.366 e. The quantitative estimate of drug-likeness (QED) is 0.863. The molecule has 2 amide bonds. The number of amides is 2. The number of carbonyl (C=O) groups is 2. The highest BCUT2D eigenvalue weighted by atomic mass is 35.5. The maximum atomic E-state index is 12.7. The van der Waals surface area contributed by atoms with Crippen molar-refractivity contribution in [2.24, 2.45) is 5.73 Å². The molecule has 3 rings (SSSR count). The molecule has 2 heterocycles. The summed E-state index contributed by atoms with van der Waals surface area (Å²) in [6.45, 7) is 0.519. The van der Waals surface area contributed by atoms with Crippen molar-refractivity contribution in [3.8, 4) is 6.07 Å². The van der Waals surface area contributed by atoms with Gasteiger partial charge < -0.3 is 10.6 Å². The molecular formula is C17H15ClN4O2. The maximum absolute atomic E-state index is 12.7. The molecule has 1 aliphatic rings. The van der Waals surface area contributed by atoms with Crippen LogP contribution in [0, 0.1) is 11.3 Å². The van der Waals surface area contributed by atoms with Crippen molar-refractivity contribution in [1.82, 2.24) is 9.88 Å². The zero-order valence-electron chi connectivity index (χ0n) is 12.8. The lowest BCUT2D eigenvalue weighted by atomic mass is 10.0. The van der Waals surface area contributed by atoms with Gasteiger partial charge in [0.25, 0.3) is 0 Å². The van der Waals surface area contributed by atoms with E-state index >= 15 is 0 Å². The molecule has 1 fully saturated rings. The van der Waals surface area contributed by atoms with Crippen molar-refractivity contribution in [2.75, 3.05) is 6.54 Å². The van der Waals surface area contributed by atoms with Gasteiger partial charge in [-0.25, -0.2) is 0 Å². The number of para-hydroxylation sites is 1. The minimum atomic E-state index is -0.974. The highest BCUT2D eigenvalue weighted by molar-refractivity contribution is 6.31. The van der Waals surface area contributed by atoms with Gasteiger partial charge in [-0.2, -0.15) is 5.26 Å². The molecule has 0 aliphatic carbocycles. The zero-order valence-corrected chi connectivity index (χ0v) is 13.5. The molecule has 1 aromatic carbocycles. The SMILES string of the molecule is N#CC1CCCN1C(=O)C(Cl)c1cccc2c(C(N)=O)ccnc12. The Morgan fingerprint density at radius 1 is 1.42 bits per heavy atom. The molecule has 1 aliphatic heterocycles. The van der Waals surface area contributed by atoms with Gasteiger partial charge in [0.15, 0.2) is 0 Å². The number of fused-ring (bicyclic) bond motifs is 1. The number of rotatable bonds is 3. The van der Waals surface area contributed by atoms with Gasteiger partial charge in [-0.05, 0) is 18.9 Å². The number of benzene rings is 1. The fourth-order valence-electron chi connectivity index (χ4n) is 3.06. The van der Waals surface area contributed by atoms with Crippen LogP contribution < -0.4 is 5.73 Å². The summed E-state index contributed by atoms with van der Waals surface area (Å²) in [7, 11) is 0. The number of hydrogen-bond donors (Lipinski definition) is 1. The summed E-state index contributed by atoms with van der Waals surface area (Å²) in [6.07, 6.45) is 2.91. The van der Waals surface area contributed by atoms with E-state index in [1.54, 1.807) is 18.2 Å². The summed E-state index contributed by atoms with van der Waals surface area (Å²) in [5.41, 5.74) is 6.69. The van der Waals surface area contributed by atoms with Crippen molar-refractivity contribution in [3.05, 3.63) is 41.6 Å². The van der Waals surface area contributed by atoms with Crippen LogP contribution in [0.2, 0.25) is 0 Å². The predicted molar refractivity (Wildman–Crippen MR) is 89.2 cm³/mol. The Morgan fingerprint density at radius 2 is 2.21 bits per heavy atom. The number of halogens is 1. The molecule has 1 aromatic heterocycles. The smallest absolute Gasteiger partial charge is 0.249 e. The minimum absolute atomic E-state index is 0.320. The Morgan fingerprint density at radius 3 is 2.92 bits per heavy atom. The molecule has 2 aromatic rings. The molecule has 7 heteroatoms. The van der Waals surface area contributed by atoms with Gasteiger partial charge in [0.05, 0.1) is 17.1 Å². The van der Waals surface area contributed by atoms with E-state index in [4.69, 9.17) is 22.6 Å². The summed E-state index contributed by atoms with van der Waals surface area (Å²) >= 11 is 6.41. The standard InChI is InChI=1S/C17H15ClN4O2/c18-14(17(24)22-8-2-3-10(22)9-19)13-5-1-4-11-12(16(20)23)6-7-21-15(11)13/h1,4-7,10,14H,2-3,8H2,(H2,20,23). The molecular weight excluding hydrogens is 328 g/mol. The summed E-state index contributed by atoms with van der Waals surface area (Å²) in [5, 5.41) is 8.74. The summed E-state index contributed by atoms with van der Waals surface area (Å²) < 4.78 is 0.